The molecule has 3 aromatic rings. The fourth-order valence-corrected chi connectivity index (χ4v) is 2.27. The Morgan fingerprint density at radius 2 is 1.96 bits per heavy atom. The van der Waals surface area contributed by atoms with Crippen LogP contribution in [0.1, 0.15) is 16.1 Å². The zero-order valence-corrected chi connectivity index (χ0v) is 13.4. The zero-order valence-electron chi connectivity index (χ0n) is 13.4. The molecular formula is C18H15FN4O2. The number of aromatic nitrogens is 3. The van der Waals surface area contributed by atoms with Gasteiger partial charge in [-0.05, 0) is 42.5 Å². The van der Waals surface area contributed by atoms with Gasteiger partial charge in [-0.1, -0.05) is 0 Å². The number of ether oxygens (including phenoxy) is 1. The van der Waals surface area contributed by atoms with Gasteiger partial charge in [0.15, 0.2) is 0 Å². The van der Waals surface area contributed by atoms with Crippen LogP contribution in [-0.4, -0.2) is 28.0 Å². The van der Waals surface area contributed by atoms with E-state index in [1.165, 1.54) is 25.6 Å². The first kappa shape index (κ1) is 16.5. The molecule has 126 valence electrons. The topological polar surface area (TPSA) is 77.0 Å². The minimum absolute atomic E-state index is 0.216. The van der Waals surface area contributed by atoms with Crippen molar-refractivity contribution < 1.29 is 13.9 Å². The molecule has 0 saturated carbocycles. The van der Waals surface area contributed by atoms with E-state index in [2.05, 4.69) is 20.3 Å². The molecule has 0 bridgehead atoms. The summed E-state index contributed by atoms with van der Waals surface area (Å²) >= 11 is 0. The summed E-state index contributed by atoms with van der Waals surface area (Å²) < 4.78 is 18.1. The van der Waals surface area contributed by atoms with Gasteiger partial charge in [0.1, 0.15) is 17.7 Å². The van der Waals surface area contributed by atoms with Gasteiger partial charge in [-0.2, -0.15) is 0 Å². The molecule has 0 aliphatic carbocycles. The molecule has 0 atom stereocenters. The Kier molecular flexibility index (Phi) is 4.94. The van der Waals surface area contributed by atoms with Crippen molar-refractivity contribution in [3.05, 3.63) is 72.1 Å². The van der Waals surface area contributed by atoms with Crippen LogP contribution in [0.4, 0.5) is 4.39 Å². The maximum atomic E-state index is 13.0. The smallest absolute Gasteiger partial charge is 0.257 e. The molecule has 0 fully saturated rings. The van der Waals surface area contributed by atoms with Gasteiger partial charge in [-0.25, -0.2) is 19.3 Å². The van der Waals surface area contributed by atoms with Crippen LogP contribution in [0.2, 0.25) is 0 Å². The molecule has 0 unspecified atom stereocenters. The second-order valence-corrected chi connectivity index (χ2v) is 5.14. The van der Waals surface area contributed by atoms with Crippen LogP contribution in [0.15, 0.2) is 55.0 Å². The van der Waals surface area contributed by atoms with E-state index < -0.39 is 0 Å². The Labute approximate surface area is 143 Å². The summed E-state index contributed by atoms with van der Waals surface area (Å²) in [6, 6.07) is 11.1. The quantitative estimate of drug-likeness (QED) is 0.774. The molecule has 0 aliphatic rings. The molecule has 0 aliphatic heterocycles. The Bertz CT molecular complexity index is 884. The normalized spacial score (nSPS) is 10.3. The molecule has 3 rings (SSSR count). The van der Waals surface area contributed by atoms with Crippen molar-refractivity contribution in [3.8, 4) is 17.1 Å². The van der Waals surface area contributed by atoms with Gasteiger partial charge in [0.2, 0.25) is 5.88 Å². The summed E-state index contributed by atoms with van der Waals surface area (Å²) in [6.07, 6.45) is 2.96. The molecule has 1 aromatic carbocycles. The van der Waals surface area contributed by atoms with Gasteiger partial charge in [0.25, 0.3) is 5.91 Å². The largest absolute Gasteiger partial charge is 0.480 e. The summed E-state index contributed by atoms with van der Waals surface area (Å²) in [4.78, 5) is 24.6. The van der Waals surface area contributed by atoms with E-state index in [-0.39, 0.29) is 24.1 Å². The van der Waals surface area contributed by atoms with Crippen LogP contribution in [0, 0.1) is 5.82 Å². The highest BCUT2D eigenvalue weighted by Gasteiger charge is 2.12. The number of hydrogen-bond acceptors (Lipinski definition) is 5. The number of nitrogens with zero attached hydrogens (tertiary/aromatic N) is 3. The van der Waals surface area contributed by atoms with E-state index in [4.69, 9.17) is 4.74 Å². The fourth-order valence-electron chi connectivity index (χ4n) is 2.27. The Balaban J connectivity index is 1.72. The zero-order chi connectivity index (χ0) is 17.6. The van der Waals surface area contributed by atoms with Gasteiger partial charge in [0.05, 0.1) is 25.0 Å². The second-order valence-electron chi connectivity index (χ2n) is 5.14. The van der Waals surface area contributed by atoms with Gasteiger partial charge in [0, 0.05) is 11.8 Å². The standard InChI is InChI=1S/C18H15FN4O2/c1-25-18-15(3-2-8-20-18)17(24)21-10-14-9-16(23-11-22-14)12-4-6-13(19)7-5-12/h2-9,11H,10H2,1H3,(H,21,24). The molecule has 2 aromatic heterocycles. The predicted molar refractivity (Wildman–Crippen MR) is 89.4 cm³/mol. The first-order valence-corrected chi connectivity index (χ1v) is 7.51. The van der Waals surface area contributed by atoms with Crippen molar-refractivity contribution in [2.75, 3.05) is 7.11 Å². The maximum Gasteiger partial charge on any atom is 0.257 e. The van der Waals surface area contributed by atoms with Crippen molar-refractivity contribution >= 4 is 5.91 Å². The minimum Gasteiger partial charge on any atom is -0.480 e. The third-order valence-corrected chi connectivity index (χ3v) is 3.50. The van der Waals surface area contributed by atoms with Crippen molar-refractivity contribution in [3.63, 3.8) is 0 Å². The number of carbonyl (C=O) groups is 1. The van der Waals surface area contributed by atoms with Crippen LogP contribution < -0.4 is 10.1 Å². The summed E-state index contributed by atoms with van der Waals surface area (Å²) in [6.45, 7) is 0.216. The lowest BCUT2D eigenvalue weighted by Gasteiger charge is -2.08. The van der Waals surface area contributed by atoms with Crippen molar-refractivity contribution in [1.82, 2.24) is 20.3 Å². The summed E-state index contributed by atoms with van der Waals surface area (Å²) in [5, 5.41) is 2.77. The van der Waals surface area contributed by atoms with E-state index in [9.17, 15) is 9.18 Å². The number of benzene rings is 1. The summed E-state index contributed by atoms with van der Waals surface area (Å²) in [5.41, 5.74) is 2.40. The maximum absolute atomic E-state index is 13.0. The number of nitrogens with one attached hydrogen (secondary N) is 1. The molecule has 0 spiro atoms. The highest BCUT2D eigenvalue weighted by atomic mass is 19.1. The van der Waals surface area contributed by atoms with E-state index in [1.54, 1.807) is 36.5 Å². The first-order chi connectivity index (χ1) is 12.2. The van der Waals surface area contributed by atoms with Gasteiger partial charge in [-0.15, -0.1) is 0 Å². The SMILES string of the molecule is COc1ncccc1C(=O)NCc1cc(-c2ccc(F)cc2)ncn1. The van der Waals surface area contributed by atoms with Crippen LogP contribution in [0.25, 0.3) is 11.3 Å². The third-order valence-electron chi connectivity index (χ3n) is 3.50. The number of carbonyl (C=O) groups excluding carboxylic acids is 1. The monoisotopic (exact) mass is 338 g/mol. The molecule has 1 amide bonds. The molecule has 0 saturated heterocycles. The number of rotatable bonds is 5. The Hall–Kier alpha value is -3.35. The molecule has 7 heteroatoms. The summed E-state index contributed by atoms with van der Waals surface area (Å²) in [5.74, 6) is -0.364. The van der Waals surface area contributed by atoms with Crippen molar-refractivity contribution in [2.45, 2.75) is 6.54 Å². The van der Waals surface area contributed by atoms with E-state index in [0.29, 0.717) is 17.0 Å². The molecular weight excluding hydrogens is 323 g/mol. The lowest BCUT2D eigenvalue weighted by molar-refractivity contribution is 0.0946. The van der Waals surface area contributed by atoms with Crippen LogP contribution in [0.3, 0.4) is 0 Å². The van der Waals surface area contributed by atoms with E-state index >= 15 is 0 Å². The number of methoxy groups -OCH3 is 1. The number of hydrogen-bond donors (Lipinski definition) is 1. The average Bonchev–Trinajstić information content (AvgIpc) is 2.67. The highest BCUT2D eigenvalue weighted by molar-refractivity contribution is 5.96. The highest BCUT2D eigenvalue weighted by Crippen LogP contribution is 2.18. The number of amides is 1. The minimum atomic E-state index is -0.313. The second kappa shape index (κ2) is 7.48. The van der Waals surface area contributed by atoms with Gasteiger partial charge < -0.3 is 10.1 Å². The molecule has 2 heterocycles. The van der Waals surface area contributed by atoms with E-state index in [0.717, 1.165) is 5.56 Å². The molecule has 0 radical (unpaired) electrons. The Morgan fingerprint density at radius 1 is 1.16 bits per heavy atom. The number of halogens is 1. The van der Waals surface area contributed by atoms with Crippen molar-refractivity contribution in [1.29, 1.82) is 0 Å². The average molecular weight is 338 g/mol. The first-order valence-electron chi connectivity index (χ1n) is 7.51. The number of pyridine rings is 1. The fraction of sp³-hybridized carbons (Fsp3) is 0.111. The van der Waals surface area contributed by atoms with Crippen LogP contribution in [0.5, 0.6) is 5.88 Å². The van der Waals surface area contributed by atoms with Crippen molar-refractivity contribution in [2.24, 2.45) is 0 Å². The summed E-state index contributed by atoms with van der Waals surface area (Å²) in [7, 11) is 1.46. The molecule has 25 heavy (non-hydrogen) atoms. The lowest BCUT2D eigenvalue weighted by atomic mass is 10.1. The van der Waals surface area contributed by atoms with Crippen LogP contribution in [-0.2, 0) is 6.54 Å². The molecule has 1 N–H and O–H groups in total. The van der Waals surface area contributed by atoms with Gasteiger partial charge >= 0.3 is 0 Å². The molecule has 6 nitrogen and oxygen atoms in total. The third kappa shape index (κ3) is 3.95. The Morgan fingerprint density at radius 3 is 2.72 bits per heavy atom. The lowest BCUT2D eigenvalue weighted by Crippen LogP contribution is -2.24. The predicted octanol–water partition coefficient (Wildman–Crippen LogP) is 2.62. The van der Waals surface area contributed by atoms with Crippen LogP contribution >= 0.6 is 0 Å². The van der Waals surface area contributed by atoms with E-state index in [1.807, 2.05) is 0 Å². The van der Waals surface area contributed by atoms with Gasteiger partial charge in [-0.3, -0.25) is 4.79 Å².